The van der Waals surface area contributed by atoms with Crippen molar-refractivity contribution in [3.05, 3.63) is 42.0 Å². The summed E-state index contributed by atoms with van der Waals surface area (Å²) in [6, 6.07) is 10.2. The van der Waals surface area contributed by atoms with Gasteiger partial charge in [-0.15, -0.1) is 11.8 Å². The molecule has 8 heteroatoms. The van der Waals surface area contributed by atoms with E-state index < -0.39 is 10.0 Å². The monoisotopic (exact) mass is 406 g/mol. The third kappa shape index (κ3) is 4.06. The lowest BCUT2D eigenvalue weighted by Gasteiger charge is -2.32. The Morgan fingerprint density at radius 2 is 2.00 bits per heavy atom. The van der Waals surface area contributed by atoms with E-state index in [1.165, 1.54) is 14.0 Å². The highest BCUT2D eigenvalue weighted by Crippen LogP contribution is 2.40. The molecule has 3 rings (SSSR count). The first-order chi connectivity index (χ1) is 12.7. The van der Waals surface area contributed by atoms with Crippen molar-refractivity contribution < 1.29 is 17.9 Å². The minimum atomic E-state index is -3.84. The first-order valence-corrected chi connectivity index (χ1v) is 10.8. The van der Waals surface area contributed by atoms with Crippen LogP contribution in [0.3, 0.4) is 0 Å². The number of hydrogen-bond donors (Lipinski definition) is 1. The molecular weight excluding hydrogens is 384 g/mol. The number of fused-ring (bicyclic) bond motifs is 1. The Labute approximate surface area is 164 Å². The normalized spacial score (nSPS) is 16.6. The fourth-order valence-electron chi connectivity index (χ4n) is 2.99. The highest BCUT2D eigenvalue weighted by molar-refractivity contribution is 8.00. The van der Waals surface area contributed by atoms with Gasteiger partial charge in [0.2, 0.25) is 5.91 Å². The molecule has 1 atom stereocenters. The highest BCUT2D eigenvalue weighted by Gasteiger charge is 2.27. The first-order valence-electron chi connectivity index (χ1n) is 8.47. The molecule has 6 nitrogen and oxygen atoms in total. The fraction of sp³-hybridized carbons (Fsp3) is 0.316. The smallest absolute Gasteiger partial charge is 0.262 e. The molecule has 1 unspecified atom stereocenters. The molecule has 0 saturated heterocycles. The average Bonchev–Trinajstić information content (AvgIpc) is 2.60. The second kappa shape index (κ2) is 7.44. The van der Waals surface area contributed by atoms with Crippen LogP contribution in [0.25, 0.3) is 0 Å². The number of benzene rings is 2. The number of sulfonamides is 1. The second-order valence-corrected chi connectivity index (χ2v) is 9.66. The van der Waals surface area contributed by atoms with Gasteiger partial charge < -0.3 is 9.64 Å². The van der Waals surface area contributed by atoms with E-state index in [-0.39, 0.29) is 16.1 Å². The van der Waals surface area contributed by atoms with Crippen molar-refractivity contribution in [2.45, 2.75) is 35.8 Å². The summed E-state index contributed by atoms with van der Waals surface area (Å²) in [5, 5.41) is 0.249. The van der Waals surface area contributed by atoms with Gasteiger partial charge in [-0.05, 0) is 42.8 Å². The van der Waals surface area contributed by atoms with Gasteiger partial charge in [0.15, 0.2) is 0 Å². The van der Waals surface area contributed by atoms with Crippen LogP contribution in [0.2, 0.25) is 0 Å². The molecule has 0 radical (unpaired) electrons. The molecule has 1 heterocycles. The van der Waals surface area contributed by atoms with Crippen molar-refractivity contribution in [2.24, 2.45) is 0 Å². The van der Waals surface area contributed by atoms with Crippen molar-refractivity contribution >= 4 is 39.1 Å². The number of anilines is 2. The van der Waals surface area contributed by atoms with E-state index in [1.54, 1.807) is 47.0 Å². The largest absolute Gasteiger partial charge is 0.495 e. The summed E-state index contributed by atoms with van der Waals surface area (Å²) in [4.78, 5) is 14.6. The van der Waals surface area contributed by atoms with Crippen molar-refractivity contribution in [3.63, 3.8) is 0 Å². The molecule has 2 aromatic carbocycles. The Bertz CT molecular complexity index is 989. The maximum absolute atomic E-state index is 12.9. The zero-order valence-corrected chi connectivity index (χ0v) is 17.3. The average molecular weight is 407 g/mol. The SMILES string of the molecule is COc1ccc(C)cc1NS(=O)(=O)c1ccc2c(c1)N(C(C)=O)CC(C)S2. The molecule has 0 spiro atoms. The Hall–Kier alpha value is -2.19. The number of carbonyl (C=O) groups excluding carboxylic acids is 1. The molecule has 1 aliphatic heterocycles. The third-order valence-corrected chi connectivity index (χ3v) is 6.79. The number of nitrogens with zero attached hydrogens (tertiary/aromatic N) is 1. The summed E-state index contributed by atoms with van der Waals surface area (Å²) in [6.07, 6.45) is 0. The Morgan fingerprint density at radius 3 is 2.67 bits per heavy atom. The summed E-state index contributed by atoms with van der Waals surface area (Å²) in [6.45, 7) is 5.96. The molecule has 1 N–H and O–H groups in total. The van der Waals surface area contributed by atoms with Gasteiger partial charge in [-0.25, -0.2) is 8.42 Å². The number of rotatable bonds is 4. The number of aryl methyl sites for hydroxylation is 1. The summed E-state index contributed by atoms with van der Waals surface area (Å²) in [5.74, 6) is 0.336. The predicted octanol–water partition coefficient (Wildman–Crippen LogP) is 3.65. The van der Waals surface area contributed by atoms with Crippen LogP contribution in [0.1, 0.15) is 19.4 Å². The van der Waals surface area contributed by atoms with E-state index in [0.717, 1.165) is 10.5 Å². The summed E-state index contributed by atoms with van der Waals surface area (Å²) in [7, 11) is -2.35. The van der Waals surface area contributed by atoms with Crippen molar-refractivity contribution in [2.75, 3.05) is 23.3 Å². The van der Waals surface area contributed by atoms with E-state index in [4.69, 9.17) is 4.74 Å². The zero-order valence-electron chi connectivity index (χ0n) is 15.6. The number of amides is 1. The topological polar surface area (TPSA) is 75.7 Å². The van der Waals surface area contributed by atoms with Gasteiger partial charge in [0.1, 0.15) is 5.75 Å². The van der Waals surface area contributed by atoms with Crippen LogP contribution in [0.4, 0.5) is 11.4 Å². The van der Waals surface area contributed by atoms with Gasteiger partial charge >= 0.3 is 0 Å². The number of methoxy groups -OCH3 is 1. The van der Waals surface area contributed by atoms with Crippen molar-refractivity contribution in [3.8, 4) is 5.75 Å². The highest BCUT2D eigenvalue weighted by atomic mass is 32.2. The van der Waals surface area contributed by atoms with Crippen LogP contribution in [0, 0.1) is 6.92 Å². The van der Waals surface area contributed by atoms with E-state index >= 15 is 0 Å². The van der Waals surface area contributed by atoms with Crippen molar-refractivity contribution in [1.82, 2.24) is 0 Å². The summed E-state index contributed by atoms with van der Waals surface area (Å²) >= 11 is 1.64. The van der Waals surface area contributed by atoms with E-state index in [1.807, 2.05) is 19.9 Å². The summed E-state index contributed by atoms with van der Waals surface area (Å²) < 4.78 is 33.7. The third-order valence-electron chi connectivity index (χ3n) is 4.28. The molecular formula is C19H22N2O4S2. The lowest BCUT2D eigenvalue weighted by atomic mass is 10.2. The Morgan fingerprint density at radius 1 is 1.26 bits per heavy atom. The van der Waals surface area contributed by atoms with E-state index in [2.05, 4.69) is 4.72 Å². The minimum absolute atomic E-state index is 0.103. The van der Waals surface area contributed by atoms with E-state index in [9.17, 15) is 13.2 Å². The van der Waals surface area contributed by atoms with Gasteiger partial charge in [-0.1, -0.05) is 13.0 Å². The molecule has 1 amide bonds. The molecule has 1 aliphatic rings. The van der Waals surface area contributed by atoms with Crippen LogP contribution >= 0.6 is 11.8 Å². The maximum atomic E-state index is 12.9. The molecule has 0 aliphatic carbocycles. The zero-order chi connectivity index (χ0) is 19.8. The Kier molecular flexibility index (Phi) is 5.39. The van der Waals surface area contributed by atoms with Gasteiger partial charge in [0.05, 0.1) is 23.4 Å². The van der Waals surface area contributed by atoms with Crippen LogP contribution in [0.15, 0.2) is 46.2 Å². The predicted molar refractivity (Wildman–Crippen MR) is 108 cm³/mol. The lowest BCUT2D eigenvalue weighted by Crippen LogP contribution is -2.37. The standard InChI is InChI=1S/C19H22N2O4S2/c1-12-5-7-18(25-4)16(9-12)20-27(23,24)15-6-8-19-17(10-15)21(14(3)22)11-13(2)26-19/h5-10,13,20H,11H2,1-4H3. The van der Waals surface area contributed by atoms with E-state index in [0.29, 0.717) is 23.7 Å². The molecule has 0 bridgehead atoms. The molecule has 0 fully saturated rings. The van der Waals surface area contributed by atoms with Gasteiger partial charge in [-0.3, -0.25) is 9.52 Å². The van der Waals surface area contributed by atoms with Crippen molar-refractivity contribution in [1.29, 1.82) is 0 Å². The number of thioether (sulfide) groups is 1. The van der Waals surface area contributed by atoms with Gasteiger partial charge in [0, 0.05) is 23.6 Å². The number of hydrogen-bond acceptors (Lipinski definition) is 5. The maximum Gasteiger partial charge on any atom is 0.262 e. The number of ether oxygens (including phenoxy) is 1. The van der Waals surface area contributed by atoms with Crippen LogP contribution in [0.5, 0.6) is 5.75 Å². The molecule has 144 valence electrons. The fourth-order valence-corrected chi connectivity index (χ4v) is 5.16. The quantitative estimate of drug-likeness (QED) is 0.839. The second-order valence-electron chi connectivity index (χ2n) is 6.50. The lowest BCUT2D eigenvalue weighted by molar-refractivity contribution is -0.116. The van der Waals surface area contributed by atoms with Gasteiger partial charge in [0.25, 0.3) is 10.0 Å². The Balaban J connectivity index is 2.00. The minimum Gasteiger partial charge on any atom is -0.495 e. The number of carbonyl (C=O) groups is 1. The molecule has 0 aromatic heterocycles. The summed E-state index contributed by atoms with van der Waals surface area (Å²) in [5.41, 5.74) is 1.92. The van der Waals surface area contributed by atoms with Crippen LogP contribution < -0.4 is 14.4 Å². The van der Waals surface area contributed by atoms with Crippen LogP contribution in [-0.4, -0.2) is 33.2 Å². The molecule has 27 heavy (non-hydrogen) atoms. The number of nitrogens with one attached hydrogen (secondary N) is 1. The molecule has 2 aromatic rings. The first kappa shape index (κ1) is 19.6. The molecule has 0 saturated carbocycles. The van der Waals surface area contributed by atoms with Gasteiger partial charge in [-0.2, -0.15) is 0 Å². The van der Waals surface area contributed by atoms with Crippen LogP contribution in [-0.2, 0) is 14.8 Å².